The van der Waals surface area contributed by atoms with Crippen molar-refractivity contribution in [3.8, 4) is 11.5 Å². The summed E-state index contributed by atoms with van der Waals surface area (Å²) in [5.74, 6) is 3.11. The van der Waals surface area contributed by atoms with Crippen molar-refractivity contribution in [3.63, 3.8) is 0 Å². The lowest BCUT2D eigenvalue weighted by molar-refractivity contribution is 0.0821. The molecule has 3 heterocycles. The third kappa shape index (κ3) is 3.98. The molecule has 0 N–H and O–H groups in total. The number of thioether (sulfide) groups is 1. The van der Waals surface area contributed by atoms with Crippen LogP contribution in [0.5, 0.6) is 11.5 Å². The number of hydrogen-bond donors (Lipinski definition) is 0. The molecule has 0 saturated heterocycles. The zero-order chi connectivity index (χ0) is 18.5. The van der Waals surface area contributed by atoms with E-state index in [-0.39, 0.29) is 6.10 Å². The van der Waals surface area contributed by atoms with Crippen LogP contribution in [0.2, 0.25) is 0 Å². The van der Waals surface area contributed by atoms with E-state index < -0.39 is 0 Å². The summed E-state index contributed by atoms with van der Waals surface area (Å²) < 4.78 is 14.0. The molecule has 0 fully saturated rings. The number of ether oxygens (including phenoxy) is 2. The van der Waals surface area contributed by atoms with Gasteiger partial charge in [0.2, 0.25) is 0 Å². The molecule has 1 aliphatic rings. The summed E-state index contributed by atoms with van der Waals surface area (Å²) in [5.41, 5.74) is 1.07. The van der Waals surface area contributed by atoms with Gasteiger partial charge in [0.15, 0.2) is 28.6 Å². The summed E-state index contributed by atoms with van der Waals surface area (Å²) in [6.07, 6.45) is 4.24. The molecule has 1 unspecified atom stereocenters. The number of aryl methyl sites for hydroxylation is 1. The second kappa shape index (κ2) is 8.26. The van der Waals surface area contributed by atoms with Crippen LogP contribution in [-0.2, 0) is 13.0 Å². The third-order valence-electron chi connectivity index (χ3n) is 4.17. The Labute approximate surface area is 162 Å². The first-order valence-corrected chi connectivity index (χ1v) is 9.79. The minimum atomic E-state index is -0.294. The Kier molecular flexibility index (Phi) is 5.39. The molecule has 3 aromatic rings. The molecular weight excluding hydrogens is 360 g/mol. The predicted octanol–water partition coefficient (Wildman–Crippen LogP) is 3.71. The fourth-order valence-corrected chi connectivity index (χ4v) is 3.80. The van der Waals surface area contributed by atoms with E-state index in [2.05, 4.69) is 21.8 Å². The van der Waals surface area contributed by atoms with Gasteiger partial charge in [-0.3, -0.25) is 9.55 Å². The molecule has 138 valence electrons. The first kappa shape index (κ1) is 17.6. The Balaban J connectivity index is 1.48. The summed E-state index contributed by atoms with van der Waals surface area (Å²) in [4.78, 5) is 4.36. The van der Waals surface area contributed by atoms with Gasteiger partial charge in [0.05, 0.1) is 0 Å². The zero-order valence-corrected chi connectivity index (χ0v) is 15.6. The SMILES string of the molecule is C=CCn1c(SCCc2ccccn2)nnc1C1COc2ccccc2O1. The number of benzene rings is 1. The Morgan fingerprint density at radius 2 is 2.00 bits per heavy atom. The van der Waals surface area contributed by atoms with Crippen molar-refractivity contribution in [2.45, 2.75) is 24.2 Å². The normalized spacial score (nSPS) is 15.5. The highest BCUT2D eigenvalue weighted by Gasteiger charge is 2.28. The van der Waals surface area contributed by atoms with Gasteiger partial charge in [-0.1, -0.05) is 36.0 Å². The summed E-state index contributed by atoms with van der Waals surface area (Å²) in [6.45, 7) is 4.89. The number of aromatic nitrogens is 4. The Morgan fingerprint density at radius 3 is 2.81 bits per heavy atom. The van der Waals surface area contributed by atoms with E-state index >= 15 is 0 Å². The van der Waals surface area contributed by atoms with Crippen LogP contribution in [0.15, 0.2) is 66.5 Å². The number of allylic oxidation sites excluding steroid dienone is 1. The molecule has 0 aliphatic carbocycles. The second-order valence-corrected chi connectivity index (χ2v) is 7.09. The van der Waals surface area contributed by atoms with Crippen molar-refractivity contribution in [2.24, 2.45) is 0 Å². The third-order valence-corrected chi connectivity index (χ3v) is 5.14. The quantitative estimate of drug-likeness (QED) is 0.460. The summed E-state index contributed by atoms with van der Waals surface area (Å²) in [7, 11) is 0. The van der Waals surface area contributed by atoms with E-state index in [1.54, 1.807) is 11.8 Å². The lowest BCUT2D eigenvalue weighted by Crippen LogP contribution is -2.25. The van der Waals surface area contributed by atoms with E-state index in [1.165, 1.54) is 0 Å². The fourth-order valence-electron chi connectivity index (χ4n) is 2.89. The number of pyridine rings is 1. The van der Waals surface area contributed by atoms with Crippen molar-refractivity contribution in [3.05, 3.63) is 72.8 Å². The van der Waals surface area contributed by atoms with E-state index in [1.807, 2.05) is 59.3 Å². The van der Waals surface area contributed by atoms with Crippen LogP contribution in [0.3, 0.4) is 0 Å². The Bertz CT molecular complexity index is 913. The predicted molar refractivity (Wildman–Crippen MR) is 104 cm³/mol. The maximum Gasteiger partial charge on any atom is 0.192 e. The number of hydrogen-bond acceptors (Lipinski definition) is 6. The molecule has 1 aromatic carbocycles. The van der Waals surface area contributed by atoms with Gasteiger partial charge in [0.25, 0.3) is 0 Å². The van der Waals surface area contributed by atoms with Crippen LogP contribution < -0.4 is 9.47 Å². The topological polar surface area (TPSA) is 62.1 Å². The summed E-state index contributed by atoms with van der Waals surface area (Å²) >= 11 is 1.66. The molecule has 0 amide bonds. The van der Waals surface area contributed by atoms with Gasteiger partial charge >= 0.3 is 0 Å². The summed E-state index contributed by atoms with van der Waals surface area (Å²) in [5, 5.41) is 9.60. The van der Waals surface area contributed by atoms with Gasteiger partial charge in [-0.25, -0.2) is 0 Å². The average Bonchev–Trinajstić information content (AvgIpc) is 3.11. The molecule has 0 radical (unpaired) electrons. The van der Waals surface area contributed by atoms with Gasteiger partial charge in [-0.2, -0.15) is 0 Å². The molecule has 27 heavy (non-hydrogen) atoms. The number of para-hydroxylation sites is 2. The van der Waals surface area contributed by atoms with E-state index in [0.29, 0.717) is 13.2 Å². The van der Waals surface area contributed by atoms with Crippen molar-refractivity contribution < 1.29 is 9.47 Å². The highest BCUT2D eigenvalue weighted by atomic mass is 32.2. The van der Waals surface area contributed by atoms with E-state index in [0.717, 1.165) is 40.3 Å². The Hall–Kier alpha value is -2.80. The highest BCUT2D eigenvalue weighted by Crippen LogP contribution is 2.36. The maximum atomic E-state index is 6.09. The maximum absolute atomic E-state index is 6.09. The number of fused-ring (bicyclic) bond motifs is 1. The monoisotopic (exact) mass is 380 g/mol. The van der Waals surface area contributed by atoms with E-state index in [9.17, 15) is 0 Å². The van der Waals surface area contributed by atoms with Crippen LogP contribution in [0.25, 0.3) is 0 Å². The van der Waals surface area contributed by atoms with Crippen LogP contribution in [0.4, 0.5) is 0 Å². The number of nitrogens with zero attached hydrogens (tertiary/aromatic N) is 4. The van der Waals surface area contributed by atoms with E-state index in [4.69, 9.17) is 9.47 Å². The minimum absolute atomic E-state index is 0.294. The van der Waals surface area contributed by atoms with Crippen LogP contribution in [0, 0.1) is 0 Å². The standard InChI is InChI=1S/C20H20N4O2S/c1-2-12-24-19(18-14-25-16-8-3-4-9-17(16)26-18)22-23-20(24)27-13-10-15-7-5-6-11-21-15/h2-9,11,18H,1,10,12-14H2. The first-order valence-electron chi connectivity index (χ1n) is 8.80. The molecule has 1 aliphatic heterocycles. The largest absolute Gasteiger partial charge is 0.485 e. The second-order valence-electron chi connectivity index (χ2n) is 6.02. The van der Waals surface area contributed by atoms with Crippen molar-refractivity contribution in [1.82, 2.24) is 19.7 Å². The van der Waals surface area contributed by atoms with Crippen LogP contribution in [-0.4, -0.2) is 32.1 Å². The molecule has 7 heteroatoms. The van der Waals surface area contributed by atoms with Gasteiger partial charge in [0.1, 0.15) is 6.61 Å². The van der Waals surface area contributed by atoms with Gasteiger partial charge in [-0.05, 0) is 30.7 Å². The first-order chi connectivity index (χ1) is 13.3. The molecule has 0 bridgehead atoms. The fraction of sp³-hybridized carbons (Fsp3) is 0.250. The van der Waals surface area contributed by atoms with Gasteiger partial charge in [0, 0.05) is 24.2 Å². The lowest BCUT2D eigenvalue weighted by atomic mass is 10.2. The van der Waals surface area contributed by atoms with Crippen molar-refractivity contribution in [1.29, 1.82) is 0 Å². The van der Waals surface area contributed by atoms with Crippen LogP contribution >= 0.6 is 11.8 Å². The molecule has 0 spiro atoms. The molecule has 0 saturated carbocycles. The van der Waals surface area contributed by atoms with Crippen LogP contribution in [0.1, 0.15) is 17.6 Å². The zero-order valence-electron chi connectivity index (χ0n) is 14.8. The lowest BCUT2D eigenvalue weighted by Gasteiger charge is -2.26. The molecule has 6 nitrogen and oxygen atoms in total. The summed E-state index contributed by atoms with van der Waals surface area (Å²) in [6, 6.07) is 13.6. The van der Waals surface area contributed by atoms with Crippen molar-refractivity contribution >= 4 is 11.8 Å². The van der Waals surface area contributed by atoms with Gasteiger partial charge in [-0.15, -0.1) is 16.8 Å². The molecule has 1 atom stereocenters. The Morgan fingerprint density at radius 1 is 1.15 bits per heavy atom. The smallest absolute Gasteiger partial charge is 0.192 e. The molecule has 4 rings (SSSR count). The molecule has 2 aromatic heterocycles. The highest BCUT2D eigenvalue weighted by molar-refractivity contribution is 7.99. The minimum Gasteiger partial charge on any atom is -0.485 e. The van der Waals surface area contributed by atoms with Gasteiger partial charge < -0.3 is 9.47 Å². The van der Waals surface area contributed by atoms with Crippen molar-refractivity contribution in [2.75, 3.05) is 12.4 Å². The molecular formula is C20H20N4O2S. The average molecular weight is 380 g/mol. The number of rotatable bonds is 7.